The maximum Gasteiger partial charge on any atom is 0.246 e. The van der Waals surface area contributed by atoms with Crippen LogP contribution in [0.3, 0.4) is 0 Å². The zero-order valence-electron chi connectivity index (χ0n) is 17.4. The molecule has 0 spiro atoms. The highest BCUT2D eigenvalue weighted by Crippen LogP contribution is 2.22. The van der Waals surface area contributed by atoms with Crippen molar-refractivity contribution in [2.45, 2.75) is 32.7 Å². The second kappa shape index (κ2) is 8.04. The molecule has 150 valence electrons. The Morgan fingerprint density at radius 2 is 1.93 bits per heavy atom. The van der Waals surface area contributed by atoms with Crippen molar-refractivity contribution in [3.8, 4) is 0 Å². The average molecular weight is 383 g/mol. The Bertz CT molecular complexity index is 847. The minimum atomic E-state index is 0.0525. The van der Waals surface area contributed by atoms with Gasteiger partial charge in [0, 0.05) is 39.9 Å². The maximum absolute atomic E-state index is 12.6. The lowest BCUT2D eigenvalue weighted by Gasteiger charge is -2.35. The molecule has 1 fully saturated rings. The summed E-state index contributed by atoms with van der Waals surface area (Å²) in [6, 6.07) is 8.64. The summed E-state index contributed by atoms with van der Waals surface area (Å²) in [5.41, 5.74) is 3.50. The monoisotopic (exact) mass is 382 g/mol. The third-order valence-corrected chi connectivity index (χ3v) is 5.01. The molecule has 0 atom stereocenters. The number of rotatable bonds is 3. The number of aliphatic imine (C=N–C) groups is 1. The van der Waals surface area contributed by atoms with Crippen LogP contribution < -0.4 is 10.2 Å². The van der Waals surface area contributed by atoms with Gasteiger partial charge in [-0.05, 0) is 16.5 Å². The quantitative estimate of drug-likeness (QED) is 0.652. The minimum absolute atomic E-state index is 0.0525. The summed E-state index contributed by atoms with van der Waals surface area (Å²) in [6.07, 6.45) is 3.59. The molecular formula is C21H30N6O. The Balaban J connectivity index is 1.58. The lowest BCUT2D eigenvalue weighted by molar-refractivity contribution is -0.120. The van der Waals surface area contributed by atoms with E-state index in [1.807, 2.05) is 18.1 Å². The lowest BCUT2D eigenvalue weighted by atomic mass is 9.87. The zero-order chi connectivity index (χ0) is 20.3. The zero-order valence-corrected chi connectivity index (χ0v) is 17.4. The van der Waals surface area contributed by atoms with E-state index >= 15 is 0 Å². The number of benzene rings is 1. The first-order valence-electron chi connectivity index (χ1n) is 9.62. The summed E-state index contributed by atoms with van der Waals surface area (Å²) < 4.78 is 1.71. The van der Waals surface area contributed by atoms with Crippen molar-refractivity contribution in [2.24, 2.45) is 12.0 Å². The fraction of sp³-hybridized carbons (Fsp3) is 0.476. The third kappa shape index (κ3) is 4.52. The number of guanidine groups is 1. The Morgan fingerprint density at radius 3 is 2.46 bits per heavy atom. The van der Waals surface area contributed by atoms with Crippen LogP contribution in [0.1, 0.15) is 31.9 Å². The number of carbonyl (C=O) groups is 1. The van der Waals surface area contributed by atoms with Crippen molar-refractivity contribution in [3.63, 3.8) is 0 Å². The van der Waals surface area contributed by atoms with E-state index in [0.29, 0.717) is 19.6 Å². The SMILES string of the molecule is CN=C(NCc1ccc(C(C)(C)C)cc1)N1CCN(c2cnn(C)c2)C(=O)C1. The smallest absolute Gasteiger partial charge is 0.246 e. The van der Waals surface area contributed by atoms with Gasteiger partial charge in [0.15, 0.2) is 5.96 Å². The van der Waals surface area contributed by atoms with Gasteiger partial charge in [-0.2, -0.15) is 5.10 Å². The Morgan fingerprint density at radius 1 is 1.21 bits per heavy atom. The lowest BCUT2D eigenvalue weighted by Crippen LogP contribution is -2.55. The molecule has 1 aromatic carbocycles. The van der Waals surface area contributed by atoms with Crippen LogP contribution in [-0.2, 0) is 23.8 Å². The van der Waals surface area contributed by atoms with Crippen LogP contribution in [0.2, 0.25) is 0 Å². The summed E-state index contributed by atoms with van der Waals surface area (Å²) in [7, 11) is 3.60. The Hall–Kier alpha value is -2.83. The van der Waals surface area contributed by atoms with Crippen molar-refractivity contribution in [1.29, 1.82) is 0 Å². The summed E-state index contributed by atoms with van der Waals surface area (Å²) in [6.45, 7) is 8.96. The number of nitrogens with one attached hydrogen (secondary N) is 1. The number of amides is 1. The highest BCUT2D eigenvalue weighted by Gasteiger charge is 2.27. The number of nitrogens with zero attached hydrogens (tertiary/aromatic N) is 5. The largest absolute Gasteiger partial charge is 0.352 e. The molecule has 0 aliphatic carbocycles. The van der Waals surface area contributed by atoms with Gasteiger partial charge in [0.2, 0.25) is 5.91 Å². The van der Waals surface area contributed by atoms with Gasteiger partial charge in [0.25, 0.3) is 0 Å². The molecule has 1 saturated heterocycles. The third-order valence-electron chi connectivity index (χ3n) is 5.01. The van der Waals surface area contributed by atoms with Gasteiger partial charge in [-0.15, -0.1) is 0 Å². The van der Waals surface area contributed by atoms with E-state index in [9.17, 15) is 4.79 Å². The molecule has 0 radical (unpaired) electrons. The van der Waals surface area contributed by atoms with E-state index in [2.05, 4.69) is 60.4 Å². The molecule has 0 bridgehead atoms. The number of aryl methyl sites for hydroxylation is 1. The molecule has 1 aliphatic heterocycles. The van der Waals surface area contributed by atoms with Gasteiger partial charge in [-0.1, -0.05) is 45.0 Å². The van der Waals surface area contributed by atoms with E-state index in [-0.39, 0.29) is 11.3 Å². The van der Waals surface area contributed by atoms with Gasteiger partial charge < -0.3 is 15.1 Å². The topological polar surface area (TPSA) is 65.8 Å². The molecule has 2 heterocycles. The van der Waals surface area contributed by atoms with Crippen molar-refractivity contribution in [2.75, 3.05) is 31.6 Å². The van der Waals surface area contributed by atoms with Crippen molar-refractivity contribution >= 4 is 17.6 Å². The molecule has 0 saturated carbocycles. The molecule has 1 aromatic heterocycles. The van der Waals surface area contributed by atoms with Gasteiger partial charge in [0.05, 0.1) is 11.9 Å². The second-order valence-electron chi connectivity index (χ2n) is 8.19. The predicted molar refractivity (Wildman–Crippen MR) is 112 cm³/mol. The summed E-state index contributed by atoms with van der Waals surface area (Å²) >= 11 is 0. The second-order valence-corrected chi connectivity index (χ2v) is 8.19. The van der Waals surface area contributed by atoms with Crippen LogP contribution >= 0.6 is 0 Å². The van der Waals surface area contributed by atoms with Crippen LogP contribution in [-0.4, -0.2) is 53.2 Å². The molecule has 1 amide bonds. The average Bonchev–Trinajstić information content (AvgIpc) is 3.08. The molecular weight excluding hydrogens is 352 g/mol. The fourth-order valence-electron chi connectivity index (χ4n) is 3.31. The van der Waals surface area contributed by atoms with Gasteiger partial charge in [0.1, 0.15) is 6.54 Å². The Labute approximate surface area is 167 Å². The standard InChI is InChI=1S/C21H30N6O/c1-21(2,3)17-8-6-16(7-9-17)12-23-20(22-4)26-10-11-27(19(28)15-26)18-13-24-25(5)14-18/h6-9,13-14H,10-12,15H2,1-5H3,(H,22,23). The number of piperazine rings is 1. The van der Waals surface area contributed by atoms with Gasteiger partial charge in [-0.3, -0.25) is 14.5 Å². The van der Waals surface area contributed by atoms with Crippen LogP contribution in [0, 0.1) is 0 Å². The molecule has 3 rings (SSSR count). The first kappa shape index (κ1) is 19.9. The van der Waals surface area contributed by atoms with Crippen molar-refractivity contribution in [1.82, 2.24) is 20.0 Å². The molecule has 1 aliphatic rings. The van der Waals surface area contributed by atoms with Crippen LogP contribution in [0.15, 0.2) is 41.7 Å². The fourth-order valence-corrected chi connectivity index (χ4v) is 3.31. The van der Waals surface area contributed by atoms with E-state index in [1.54, 1.807) is 22.8 Å². The first-order valence-corrected chi connectivity index (χ1v) is 9.62. The van der Waals surface area contributed by atoms with Crippen molar-refractivity contribution in [3.05, 3.63) is 47.8 Å². The van der Waals surface area contributed by atoms with Crippen molar-refractivity contribution < 1.29 is 4.79 Å². The highest BCUT2D eigenvalue weighted by molar-refractivity contribution is 5.98. The van der Waals surface area contributed by atoms with E-state index in [4.69, 9.17) is 0 Å². The number of aromatic nitrogens is 2. The number of hydrogen-bond acceptors (Lipinski definition) is 3. The number of anilines is 1. The summed E-state index contributed by atoms with van der Waals surface area (Å²) in [4.78, 5) is 20.7. The highest BCUT2D eigenvalue weighted by atomic mass is 16.2. The van der Waals surface area contributed by atoms with Crippen LogP contribution in [0.5, 0.6) is 0 Å². The molecule has 2 aromatic rings. The molecule has 28 heavy (non-hydrogen) atoms. The molecule has 0 unspecified atom stereocenters. The maximum atomic E-state index is 12.6. The van der Waals surface area contributed by atoms with Gasteiger partial charge >= 0.3 is 0 Å². The molecule has 1 N–H and O–H groups in total. The normalized spacial score (nSPS) is 15.9. The summed E-state index contributed by atoms with van der Waals surface area (Å²) in [5, 5.41) is 7.54. The first-order chi connectivity index (χ1) is 13.3. The van der Waals surface area contributed by atoms with Crippen LogP contribution in [0.25, 0.3) is 0 Å². The molecule has 7 heteroatoms. The van der Waals surface area contributed by atoms with E-state index in [0.717, 1.165) is 18.2 Å². The minimum Gasteiger partial charge on any atom is -0.352 e. The number of hydrogen-bond donors (Lipinski definition) is 1. The summed E-state index contributed by atoms with van der Waals surface area (Å²) in [5.74, 6) is 0.802. The van der Waals surface area contributed by atoms with Gasteiger partial charge in [-0.25, -0.2) is 0 Å². The van der Waals surface area contributed by atoms with Crippen LogP contribution in [0.4, 0.5) is 5.69 Å². The molecule has 7 nitrogen and oxygen atoms in total. The van der Waals surface area contributed by atoms with E-state index in [1.165, 1.54) is 11.1 Å². The Kier molecular flexibility index (Phi) is 5.72. The predicted octanol–water partition coefficient (Wildman–Crippen LogP) is 2.14. The number of carbonyl (C=O) groups excluding carboxylic acids is 1. The van der Waals surface area contributed by atoms with E-state index < -0.39 is 0 Å².